The average molecular weight is 225 g/mol. The van der Waals surface area contributed by atoms with Crippen molar-refractivity contribution in [1.82, 2.24) is 5.32 Å². The Hall–Kier alpha value is -1.26. The summed E-state index contributed by atoms with van der Waals surface area (Å²) in [6.07, 6.45) is -0.328. The molecule has 0 saturated heterocycles. The van der Waals surface area contributed by atoms with E-state index in [0.717, 1.165) is 11.5 Å². The minimum Gasteiger partial charge on any atom is -0.493 e. The number of nitrogens with one attached hydrogen (secondary N) is 1. The number of hydrogen-bond acceptors (Lipinski definition) is 4. The summed E-state index contributed by atoms with van der Waals surface area (Å²) in [5.74, 6) is 1.47. The molecule has 0 fully saturated rings. The van der Waals surface area contributed by atoms with Crippen LogP contribution in [0.1, 0.15) is 6.92 Å². The maximum absolute atomic E-state index is 9.03. The Bertz CT molecular complexity index is 302. The summed E-state index contributed by atoms with van der Waals surface area (Å²) in [5.41, 5.74) is 0. The summed E-state index contributed by atoms with van der Waals surface area (Å²) in [6.45, 7) is 3.57. The van der Waals surface area contributed by atoms with Crippen molar-refractivity contribution in [3.63, 3.8) is 0 Å². The van der Waals surface area contributed by atoms with Gasteiger partial charge in [-0.1, -0.05) is 12.1 Å². The predicted octanol–water partition coefficient (Wildman–Crippen LogP) is 1.04. The zero-order valence-corrected chi connectivity index (χ0v) is 9.77. The molecule has 90 valence electrons. The fraction of sp³-hybridized carbons (Fsp3) is 0.500. The van der Waals surface area contributed by atoms with Crippen molar-refractivity contribution in [1.29, 1.82) is 0 Å². The minimum atomic E-state index is -0.328. The van der Waals surface area contributed by atoms with Crippen LogP contribution in [0, 0.1) is 0 Å². The van der Waals surface area contributed by atoms with Crippen LogP contribution in [-0.2, 0) is 0 Å². The van der Waals surface area contributed by atoms with Gasteiger partial charge in [0, 0.05) is 13.1 Å². The highest BCUT2D eigenvalue weighted by molar-refractivity contribution is 5.39. The molecule has 0 heterocycles. The molecule has 1 aromatic carbocycles. The van der Waals surface area contributed by atoms with E-state index in [9.17, 15) is 0 Å². The van der Waals surface area contributed by atoms with E-state index in [1.807, 2.05) is 24.3 Å². The molecule has 0 aliphatic heterocycles. The zero-order valence-electron chi connectivity index (χ0n) is 9.77. The Morgan fingerprint density at radius 1 is 1.31 bits per heavy atom. The predicted molar refractivity (Wildman–Crippen MR) is 63.0 cm³/mol. The number of aliphatic hydroxyl groups excluding tert-OH is 1. The number of benzene rings is 1. The first-order valence-corrected chi connectivity index (χ1v) is 5.38. The lowest BCUT2D eigenvalue weighted by Gasteiger charge is -2.11. The molecule has 0 aliphatic carbocycles. The second-order valence-corrected chi connectivity index (χ2v) is 3.55. The number of hydrogen-bond donors (Lipinski definition) is 2. The van der Waals surface area contributed by atoms with E-state index >= 15 is 0 Å². The van der Waals surface area contributed by atoms with Gasteiger partial charge in [0.05, 0.1) is 13.2 Å². The highest BCUT2D eigenvalue weighted by atomic mass is 16.5. The van der Waals surface area contributed by atoms with Gasteiger partial charge in [-0.05, 0) is 19.1 Å². The van der Waals surface area contributed by atoms with Crippen molar-refractivity contribution >= 4 is 0 Å². The Morgan fingerprint density at radius 3 is 2.62 bits per heavy atom. The molecule has 4 nitrogen and oxygen atoms in total. The Kier molecular flexibility index (Phi) is 5.67. The molecule has 2 N–H and O–H groups in total. The van der Waals surface area contributed by atoms with Gasteiger partial charge in [-0.3, -0.25) is 0 Å². The SMILES string of the molecule is COc1ccccc1OCCNCC(C)O. The number of para-hydroxylation sites is 2. The van der Waals surface area contributed by atoms with Gasteiger partial charge in [0.2, 0.25) is 0 Å². The summed E-state index contributed by atoms with van der Waals surface area (Å²) in [6, 6.07) is 7.53. The number of ether oxygens (including phenoxy) is 2. The monoisotopic (exact) mass is 225 g/mol. The van der Waals surface area contributed by atoms with Crippen LogP contribution in [0.25, 0.3) is 0 Å². The Morgan fingerprint density at radius 2 is 2.00 bits per heavy atom. The molecule has 0 aliphatic rings. The Balaban J connectivity index is 2.26. The van der Waals surface area contributed by atoms with Gasteiger partial charge < -0.3 is 19.9 Å². The third-order valence-electron chi connectivity index (χ3n) is 2.05. The fourth-order valence-electron chi connectivity index (χ4n) is 1.28. The number of aliphatic hydroxyl groups is 1. The molecule has 0 saturated carbocycles. The van der Waals surface area contributed by atoms with Crippen LogP contribution >= 0.6 is 0 Å². The van der Waals surface area contributed by atoms with Gasteiger partial charge >= 0.3 is 0 Å². The van der Waals surface area contributed by atoms with Gasteiger partial charge in [0.1, 0.15) is 6.61 Å². The van der Waals surface area contributed by atoms with Crippen LogP contribution in [0.15, 0.2) is 24.3 Å². The largest absolute Gasteiger partial charge is 0.493 e. The quantitative estimate of drug-likeness (QED) is 0.681. The van der Waals surface area contributed by atoms with Gasteiger partial charge in [-0.15, -0.1) is 0 Å². The van der Waals surface area contributed by atoms with Crippen LogP contribution < -0.4 is 14.8 Å². The van der Waals surface area contributed by atoms with E-state index in [0.29, 0.717) is 19.7 Å². The van der Waals surface area contributed by atoms with Crippen LogP contribution in [0.4, 0.5) is 0 Å². The summed E-state index contributed by atoms with van der Waals surface area (Å²) < 4.78 is 10.7. The first-order chi connectivity index (χ1) is 7.74. The molecule has 0 aromatic heterocycles. The highest BCUT2D eigenvalue weighted by Gasteiger charge is 2.01. The first-order valence-electron chi connectivity index (χ1n) is 5.38. The fourth-order valence-corrected chi connectivity index (χ4v) is 1.28. The number of methoxy groups -OCH3 is 1. The smallest absolute Gasteiger partial charge is 0.161 e. The number of rotatable bonds is 7. The maximum Gasteiger partial charge on any atom is 0.161 e. The van der Waals surface area contributed by atoms with Crippen LogP contribution in [0.3, 0.4) is 0 Å². The van der Waals surface area contributed by atoms with Crippen molar-refractivity contribution in [2.45, 2.75) is 13.0 Å². The maximum atomic E-state index is 9.03. The minimum absolute atomic E-state index is 0.328. The average Bonchev–Trinajstić information content (AvgIpc) is 2.29. The molecular weight excluding hydrogens is 206 g/mol. The molecule has 16 heavy (non-hydrogen) atoms. The van der Waals surface area contributed by atoms with Crippen molar-refractivity contribution in [2.75, 3.05) is 26.8 Å². The molecule has 0 bridgehead atoms. The van der Waals surface area contributed by atoms with Gasteiger partial charge in [0.15, 0.2) is 11.5 Å². The van der Waals surface area contributed by atoms with Gasteiger partial charge in [0.25, 0.3) is 0 Å². The third-order valence-corrected chi connectivity index (χ3v) is 2.05. The topological polar surface area (TPSA) is 50.7 Å². The van der Waals surface area contributed by atoms with E-state index in [1.165, 1.54) is 0 Å². The van der Waals surface area contributed by atoms with E-state index in [-0.39, 0.29) is 6.10 Å². The molecular formula is C12H19NO3. The summed E-state index contributed by atoms with van der Waals surface area (Å²) in [5, 5.41) is 12.1. The van der Waals surface area contributed by atoms with E-state index in [4.69, 9.17) is 14.6 Å². The Labute approximate surface area is 96.2 Å². The van der Waals surface area contributed by atoms with E-state index in [1.54, 1.807) is 14.0 Å². The molecule has 0 spiro atoms. The third kappa shape index (κ3) is 4.51. The molecule has 1 unspecified atom stereocenters. The van der Waals surface area contributed by atoms with Crippen LogP contribution in [0.5, 0.6) is 11.5 Å². The molecule has 1 atom stereocenters. The van der Waals surface area contributed by atoms with Crippen LogP contribution in [-0.4, -0.2) is 38.0 Å². The second-order valence-electron chi connectivity index (χ2n) is 3.55. The van der Waals surface area contributed by atoms with E-state index < -0.39 is 0 Å². The van der Waals surface area contributed by atoms with Crippen molar-refractivity contribution in [2.24, 2.45) is 0 Å². The van der Waals surface area contributed by atoms with Crippen molar-refractivity contribution < 1.29 is 14.6 Å². The second kappa shape index (κ2) is 7.09. The molecule has 1 rings (SSSR count). The van der Waals surface area contributed by atoms with E-state index in [2.05, 4.69) is 5.32 Å². The lowest BCUT2D eigenvalue weighted by Crippen LogP contribution is -2.28. The van der Waals surface area contributed by atoms with Gasteiger partial charge in [-0.25, -0.2) is 0 Å². The van der Waals surface area contributed by atoms with Crippen LogP contribution in [0.2, 0.25) is 0 Å². The summed E-state index contributed by atoms with van der Waals surface area (Å²) in [4.78, 5) is 0. The van der Waals surface area contributed by atoms with Crippen molar-refractivity contribution in [3.05, 3.63) is 24.3 Å². The normalized spacial score (nSPS) is 12.2. The molecule has 1 aromatic rings. The molecule has 0 radical (unpaired) electrons. The lowest BCUT2D eigenvalue weighted by molar-refractivity contribution is 0.187. The van der Waals surface area contributed by atoms with Gasteiger partial charge in [-0.2, -0.15) is 0 Å². The summed E-state index contributed by atoms with van der Waals surface area (Å²) >= 11 is 0. The highest BCUT2D eigenvalue weighted by Crippen LogP contribution is 2.25. The molecule has 4 heteroatoms. The zero-order chi connectivity index (χ0) is 11.8. The standard InChI is InChI=1S/C12H19NO3/c1-10(14)9-13-7-8-16-12-6-4-3-5-11(12)15-2/h3-6,10,13-14H,7-9H2,1-2H3. The van der Waals surface area contributed by atoms with Crippen molar-refractivity contribution in [3.8, 4) is 11.5 Å². The molecule has 0 amide bonds. The summed E-state index contributed by atoms with van der Waals surface area (Å²) in [7, 11) is 1.62. The first kappa shape index (κ1) is 12.8. The lowest BCUT2D eigenvalue weighted by atomic mass is 10.3.